The summed E-state index contributed by atoms with van der Waals surface area (Å²) < 4.78 is 5.19. The number of aromatic nitrogens is 1. The van der Waals surface area contributed by atoms with Gasteiger partial charge >= 0.3 is 6.09 Å². The molecule has 6 heteroatoms. The van der Waals surface area contributed by atoms with Crippen LogP contribution in [0.5, 0.6) is 0 Å². The Morgan fingerprint density at radius 2 is 2.33 bits per heavy atom. The third-order valence-corrected chi connectivity index (χ3v) is 4.06. The SMILES string of the molecule is CN1C(=O)C[C@H](NC(=O)OCC2CC2)[C@H]1c1cccnc1. The molecule has 0 aromatic carbocycles. The number of rotatable bonds is 4. The van der Waals surface area contributed by atoms with Gasteiger partial charge in [-0.25, -0.2) is 4.79 Å². The van der Waals surface area contributed by atoms with E-state index in [4.69, 9.17) is 4.74 Å². The molecular formula is C15H19N3O3. The first-order chi connectivity index (χ1) is 10.1. The standard InChI is InChI=1S/C15H19N3O3/c1-18-13(19)7-12(14(18)11-3-2-6-16-8-11)17-15(20)21-9-10-4-5-10/h2-3,6,8,10,12,14H,4-5,7,9H2,1H3,(H,17,20)/t12-,14+/m0/s1. The van der Waals surface area contributed by atoms with Crippen molar-refractivity contribution >= 4 is 12.0 Å². The molecule has 2 fully saturated rings. The van der Waals surface area contributed by atoms with Gasteiger partial charge in [0.2, 0.25) is 5.91 Å². The minimum atomic E-state index is -0.441. The Hall–Kier alpha value is -2.11. The summed E-state index contributed by atoms with van der Waals surface area (Å²) in [5, 5.41) is 2.82. The molecule has 2 amide bonds. The summed E-state index contributed by atoms with van der Waals surface area (Å²) in [6.45, 7) is 0.472. The number of ether oxygens (including phenoxy) is 1. The van der Waals surface area contributed by atoms with Gasteiger partial charge in [-0.05, 0) is 30.4 Å². The van der Waals surface area contributed by atoms with Crippen LogP contribution in [0, 0.1) is 5.92 Å². The average molecular weight is 289 g/mol. The molecule has 1 N–H and O–H groups in total. The number of nitrogens with one attached hydrogen (secondary N) is 1. The van der Waals surface area contributed by atoms with Crippen LogP contribution in [0.2, 0.25) is 0 Å². The Labute approximate surface area is 123 Å². The number of carbonyl (C=O) groups is 2. The summed E-state index contributed by atoms with van der Waals surface area (Å²) in [7, 11) is 1.75. The molecule has 1 aliphatic carbocycles. The molecule has 0 bridgehead atoms. The lowest BCUT2D eigenvalue weighted by atomic mass is 10.0. The molecule has 0 spiro atoms. The van der Waals surface area contributed by atoms with Gasteiger partial charge in [0, 0.05) is 25.9 Å². The van der Waals surface area contributed by atoms with Crippen molar-refractivity contribution in [3.05, 3.63) is 30.1 Å². The van der Waals surface area contributed by atoms with Gasteiger partial charge in [0.05, 0.1) is 18.7 Å². The van der Waals surface area contributed by atoms with Crippen LogP contribution in [-0.4, -0.2) is 41.6 Å². The highest BCUT2D eigenvalue weighted by molar-refractivity contribution is 5.81. The van der Waals surface area contributed by atoms with Crippen LogP contribution in [0.25, 0.3) is 0 Å². The number of nitrogens with zero attached hydrogens (tertiary/aromatic N) is 2. The highest BCUT2D eigenvalue weighted by Crippen LogP contribution is 2.32. The zero-order chi connectivity index (χ0) is 14.8. The molecular weight excluding hydrogens is 270 g/mol. The molecule has 0 radical (unpaired) electrons. The summed E-state index contributed by atoms with van der Waals surface area (Å²) in [5.74, 6) is 0.536. The number of amides is 2. The lowest BCUT2D eigenvalue weighted by molar-refractivity contribution is -0.127. The second-order valence-corrected chi connectivity index (χ2v) is 5.73. The molecule has 6 nitrogen and oxygen atoms in total. The molecule has 1 saturated carbocycles. The first-order valence-corrected chi connectivity index (χ1v) is 7.24. The van der Waals surface area contributed by atoms with E-state index in [1.54, 1.807) is 24.3 Å². The van der Waals surface area contributed by atoms with E-state index in [1.807, 2.05) is 12.1 Å². The first-order valence-electron chi connectivity index (χ1n) is 7.24. The van der Waals surface area contributed by atoms with Crippen LogP contribution in [-0.2, 0) is 9.53 Å². The summed E-state index contributed by atoms with van der Waals surface area (Å²) in [6, 6.07) is 3.27. The highest BCUT2D eigenvalue weighted by Gasteiger charge is 2.39. The fourth-order valence-electron chi connectivity index (χ4n) is 2.68. The molecule has 2 aliphatic rings. The van der Waals surface area contributed by atoms with Crippen LogP contribution in [0.1, 0.15) is 30.9 Å². The van der Waals surface area contributed by atoms with E-state index in [0.717, 1.165) is 18.4 Å². The zero-order valence-electron chi connectivity index (χ0n) is 12.0. The smallest absolute Gasteiger partial charge is 0.407 e. The molecule has 3 rings (SSSR count). The van der Waals surface area contributed by atoms with Crippen LogP contribution in [0.3, 0.4) is 0 Å². The molecule has 112 valence electrons. The number of hydrogen-bond acceptors (Lipinski definition) is 4. The van der Waals surface area contributed by atoms with Crippen LogP contribution in [0.4, 0.5) is 4.79 Å². The number of carbonyl (C=O) groups excluding carboxylic acids is 2. The predicted octanol–water partition coefficient (Wildman–Crippen LogP) is 1.49. The molecule has 1 saturated heterocycles. The van der Waals surface area contributed by atoms with Crippen molar-refractivity contribution in [2.75, 3.05) is 13.7 Å². The summed E-state index contributed by atoms with van der Waals surface area (Å²) in [6.07, 6.45) is 5.53. The maximum atomic E-state index is 11.9. The number of pyridine rings is 1. The van der Waals surface area contributed by atoms with Crippen molar-refractivity contribution in [1.82, 2.24) is 15.2 Å². The maximum absolute atomic E-state index is 11.9. The van der Waals surface area contributed by atoms with E-state index in [1.165, 1.54) is 0 Å². The fourth-order valence-corrected chi connectivity index (χ4v) is 2.68. The zero-order valence-corrected chi connectivity index (χ0v) is 12.0. The van der Waals surface area contributed by atoms with Gasteiger partial charge in [-0.3, -0.25) is 9.78 Å². The highest BCUT2D eigenvalue weighted by atomic mass is 16.5. The second-order valence-electron chi connectivity index (χ2n) is 5.73. The quantitative estimate of drug-likeness (QED) is 0.911. The Balaban J connectivity index is 1.66. The predicted molar refractivity (Wildman–Crippen MR) is 75.4 cm³/mol. The van der Waals surface area contributed by atoms with Crippen LogP contribution >= 0.6 is 0 Å². The molecule has 1 aromatic heterocycles. The van der Waals surface area contributed by atoms with Crippen molar-refractivity contribution in [2.45, 2.75) is 31.3 Å². The largest absolute Gasteiger partial charge is 0.449 e. The molecule has 21 heavy (non-hydrogen) atoms. The Morgan fingerprint density at radius 1 is 1.52 bits per heavy atom. The van der Waals surface area contributed by atoms with E-state index >= 15 is 0 Å². The summed E-state index contributed by atoms with van der Waals surface area (Å²) >= 11 is 0. The molecule has 1 aliphatic heterocycles. The summed E-state index contributed by atoms with van der Waals surface area (Å²) in [5.41, 5.74) is 0.915. The van der Waals surface area contributed by atoms with E-state index in [-0.39, 0.29) is 24.4 Å². The normalized spacial score (nSPS) is 25.0. The Bertz CT molecular complexity index is 530. The van der Waals surface area contributed by atoms with Crippen molar-refractivity contribution in [1.29, 1.82) is 0 Å². The molecule has 2 atom stereocenters. The molecule has 1 aromatic rings. The van der Waals surface area contributed by atoms with Crippen molar-refractivity contribution in [2.24, 2.45) is 5.92 Å². The fraction of sp³-hybridized carbons (Fsp3) is 0.533. The summed E-state index contributed by atoms with van der Waals surface area (Å²) in [4.78, 5) is 29.5. The maximum Gasteiger partial charge on any atom is 0.407 e. The molecule has 2 heterocycles. The van der Waals surface area contributed by atoms with Gasteiger partial charge < -0.3 is 15.0 Å². The van der Waals surface area contributed by atoms with Gasteiger partial charge in [0.15, 0.2) is 0 Å². The lowest BCUT2D eigenvalue weighted by Crippen LogP contribution is -2.39. The van der Waals surface area contributed by atoms with Crippen LogP contribution in [0.15, 0.2) is 24.5 Å². The second kappa shape index (κ2) is 5.71. The van der Waals surface area contributed by atoms with E-state index in [2.05, 4.69) is 10.3 Å². The van der Waals surface area contributed by atoms with Gasteiger partial charge in [0.1, 0.15) is 0 Å². The topological polar surface area (TPSA) is 71.5 Å². The van der Waals surface area contributed by atoms with Crippen molar-refractivity contribution in [3.63, 3.8) is 0 Å². The first kappa shape index (κ1) is 13.9. The third kappa shape index (κ3) is 3.15. The Kier molecular flexibility index (Phi) is 3.77. The third-order valence-electron chi connectivity index (χ3n) is 4.06. The Morgan fingerprint density at radius 3 is 3.00 bits per heavy atom. The van der Waals surface area contributed by atoms with Gasteiger partial charge in [-0.1, -0.05) is 6.07 Å². The van der Waals surface area contributed by atoms with Crippen molar-refractivity contribution in [3.8, 4) is 0 Å². The van der Waals surface area contributed by atoms with Gasteiger partial charge in [-0.2, -0.15) is 0 Å². The van der Waals surface area contributed by atoms with Crippen molar-refractivity contribution < 1.29 is 14.3 Å². The average Bonchev–Trinajstić information content (AvgIpc) is 3.26. The number of hydrogen-bond donors (Lipinski definition) is 1. The number of alkyl carbamates (subject to hydrolysis) is 1. The van der Waals surface area contributed by atoms with Gasteiger partial charge in [-0.15, -0.1) is 0 Å². The van der Waals surface area contributed by atoms with E-state index in [9.17, 15) is 9.59 Å². The number of likely N-dealkylation sites (N-methyl/N-ethyl adjacent to an activating group) is 1. The minimum absolute atomic E-state index is 0.0105. The van der Waals surface area contributed by atoms with Crippen LogP contribution < -0.4 is 5.32 Å². The van der Waals surface area contributed by atoms with E-state index < -0.39 is 6.09 Å². The van der Waals surface area contributed by atoms with Gasteiger partial charge in [0.25, 0.3) is 0 Å². The van der Waals surface area contributed by atoms with E-state index in [0.29, 0.717) is 12.5 Å². The minimum Gasteiger partial charge on any atom is -0.449 e. The molecule has 0 unspecified atom stereocenters. The lowest BCUT2D eigenvalue weighted by Gasteiger charge is -2.25. The monoisotopic (exact) mass is 289 g/mol. The number of likely N-dealkylation sites (tertiary alicyclic amines) is 1.